The van der Waals surface area contributed by atoms with Crippen LogP contribution in [0.25, 0.3) is 0 Å². The van der Waals surface area contributed by atoms with E-state index in [1.54, 1.807) is 18.4 Å². The van der Waals surface area contributed by atoms with Crippen molar-refractivity contribution in [1.29, 1.82) is 0 Å². The van der Waals surface area contributed by atoms with E-state index in [2.05, 4.69) is 36.1 Å². The minimum Gasteiger partial charge on any atom is -0.493 e. The number of benzene rings is 2. The molecule has 2 aromatic carbocycles. The van der Waals surface area contributed by atoms with E-state index in [4.69, 9.17) is 9.47 Å². The second-order valence-corrected chi connectivity index (χ2v) is 9.50. The first-order valence-corrected chi connectivity index (χ1v) is 11.7. The predicted molar refractivity (Wildman–Crippen MR) is 127 cm³/mol. The summed E-state index contributed by atoms with van der Waals surface area (Å²) in [5, 5.41) is 9.39. The predicted octanol–water partition coefficient (Wildman–Crippen LogP) is 5.53. The Kier molecular flexibility index (Phi) is 7.12. The van der Waals surface area contributed by atoms with Gasteiger partial charge < -0.3 is 14.6 Å². The Bertz CT molecular complexity index is 1040. The van der Waals surface area contributed by atoms with Crippen LogP contribution in [0, 0.1) is 12.8 Å². The Hall–Kier alpha value is -2.83. The highest BCUT2D eigenvalue weighted by Gasteiger charge is 2.31. The molecule has 1 aliphatic rings. The zero-order valence-electron chi connectivity index (χ0n) is 18.5. The molecular formula is C26H29NO4S. The molecule has 3 aromatic rings. The SMILES string of the molecule is COc1cc(C(c2ccc(C)s2)N2CCC(C(=O)O)CC2)ccc1OCc1ccccc1. The molecule has 32 heavy (non-hydrogen) atoms. The maximum atomic E-state index is 11.4. The summed E-state index contributed by atoms with van der Waals surface area (Å²) in [6, 6.07) is 20.6. The van der Waals surface area contributed by atoms with Crippen LogP contribution in [0.4, 0.5) is 0 Å². The number of rotatable bonds is 8. The van der Waals surface area contributed by atoms with Crippen molar-refractivity contribution in [2.45, 2.75) is 32.4 Å². The molecule has 1 saturated heterocycles. The Morgan fingerprint density at radius 1 is 1.09 bits per heavy atom. The monoisotopic (exact) mass is 451 g/mol. The zero-order valence-corrected chi connectivity index (χ0v) is 19.3. The number of likely N-dealkylation sites (tertiary alicyclic amines) is 1. The number of carbonyl (C=O) groups is 1. The molecular weight excluding hydrogens is 422 g/mol. The molecule has 1 aliphatic heterocycles. The lowest BCUT2D eigenvalue weighted by Gasteiger charge is -2.36. The fraction of sp³-hybridized carbons (Fsp3) is 0.346. The second kappa shape index (κ2) is 10.2. The van der Waals surface area contributed by atoms with Gasteiger partial charge in [0.05, 0.1) is 19.1 Å². The number of hydrogen-bond donors (Lipinski definition) is 1. The normalized spacial score (nSPS) is 15.9. The average Bonchev–Trinajstić information content (AvgIpc) is 3.24. The van der Waals surface area contributed by atoms with Gasteiger partial charge in [-0.2, -0.15) is 0 Å². The molecule has 168 valence electrons. The number of piperidine rings is 1. The van der Waals surface area contributed by atoms with Crippen molar-refractivity contribution >= 4 is 17.3 Å². The number of aliphatic carboxylic acids is 1. The van der Waals surface area contributed by atoms with Gasteiger partial charge in [-0.05, 0) is 68.2 Å². The molecule has 1 N–H and O–H groups in total. The van der Waals surface area contributed by atoms with Crippen LogP contribution in [0.5, 0.6) is 11.5 Å². The molecule has 1 fully saturated rings. The highest BCUT2D eigenvalue weighted by Crippen LogP contribution is 2.39. The van der Waals surface area contributed by atoms with E-state index in [9.17, 15) is 9.90 Å². The van der Waals surface area contributed by atoms with Crippen LogP contribution < -0.4 is 9.47 Å². The first-order chi connectivity index (χ1) is 15.5. The van der Waals surface area contributed by atoms with E-state index in [1.165, 1.54) is 9.75 Å². The van der Waals surface area contributed by atoms with E-state index in [0.29, 0.717) is 30.9 Å². The number of aryl methyl sites for hydroxylation is 1. The zero-order chi connectivity index (χ0) is 22.5. The standard InChI is InChI=1S/C26H29NO4S/c1-18-8-11-24(32-18)25(27-14-12-20(13-15-27)26(28)29)21-9-10-22(23(16-21)30-2)31-17-19-6-4-3-5-7-19/h3-11,16,20,25H,12-15,17H2,1-2H3,(H,28,29). The molecule has 0 radical (unpaired) electrons. The van der Waals surface area contributed by atoms with E-state index in [1.807, 2.05) is 36.4 Å². The van der Waals surface area contributed by atoms with Gasteiger partial charge >= 0.3 is 5.97 Å². The van der Waals surface area contributed by atoms with Crippen LogP contribution in [0.15, 0.2) is 60.7 Å². The molecule has 0 spiro atoms. The molecule has 2 heterocycles. The molecule has 1 unspecified atom stereocenters. The topological polar surface area (TPSA) is 59.0 Å². The first kappa shape index (κ1) is 22.4. The van der Waals surface area contributed by atoms with Gasteiger partial charge in [0.2, 0.25) is 0 Å². The van der Waals surface area contributed by atoms with E-state index in [0.717, 1.165) is 24.2 Å². The summed E-state index contributed by atoms with van der Waals surface area (Å²) in [6.07, 6.45) is 1.34. The molecule has 5 nitrogen and oxygen atoms in total. The third-order valence-corrected chi connectivity index (χ3v) is 7.07. The van der Waals surface area contributed by atoms with Crippen molar-refractivity contribution < 1.29 is 19.4 Å². The molecule has 0 aliphatic carbocycles. The highest BCUT2D eigenvalue weighted by atomic mass is 32.1. The van der Waals surface area contributed by atoms with E-state index >= 15 is 0 Å². The molecule has 0 saturated carbocycles. The number of nitrogens with zero attached hydrogens (tertiary/aromatic N) is 1. The van der Waals surface area contributed by atoms with Crippen molar-refractivity contribution in [2.24, 2.45) is 5.92 Å². The summed E-state index contributed by atoms with van der Waals surface area (Å²) >= 11 is 1.79. The Morgan fingerprint density at radius 3 is 2.47 bits per heavy atom. The second-order valence-electron chi connectivity index (χ2n) is 8.18. The number of methoxy groups -OCH3 is 1. The number of carboxylic acid groups (broad SMARTS) is 1. The van der Waals surface area contributed by atoms with Crippen molar-refractivity contribution in [3.63, 3.8) is 0 Å². The van der Waals surface area contributed by atoms with Crippen molar-refractivity contribution in [2.75, 3.05) is 20.2 Å². The molecule has 1 aromatic heterocycles. The maximum absolute atomic E-state index is 11.4. The van der Waals surface area contributed by atoms with Crippen LogP contribution in [-0.2, 0) is 11.4 Å². The summed E-state index contributed by atoms with van der Waals surface area (Å²) in [7, 11) is 1.66. The summed E-state index contributed by atoms with van der Waals surface area (Å²) in [5.41, 5.74) is 2.23. The van der Waals surface area contributed by atoms with Gasteiger partial charge in [-0.25, -0.2) is 0 Å². The van der Waals surface area contributed by atoms with E-state index < -0.39 is 5.97 Å². The van der Waals surface area contributed by atoms with Crippen molar-refractivity contribution in [1.82, 2.24) is 4.90 Å². The number of thiophene rings is 1. The quantitative estimate of drug-likeness (QED) is 0.488. The average molecular weight is 452 g/mol. The Balaban J connectivity index is 1.58. The van der Waals surface area contributed by atoms with Gasteiger partial charge in [-0.15, -0.1) is 11.3 Å². The Morgan fingerprint density at radius 2 is 1.84 bits per heavy atom. The number of ether oxygens (including phenoxy) is 2. The van der Waals surface area contributed by atoms with E-state index in [-0.39, 0.29) is 12.0 Å². The van der Waals surface area contributed by atoms with Crippen LogP contribution in [0.1, 0.15) is 39.8 Å². The van der Waals surface area contributed by atoms with Crippen molar-refractivity contribution in [3.8, 4) is 11.5 Å². The first-order valence-electron chi connectivity index (χ1n) is 10.9. The maximum Gasteiger partial charge on any atom is 0.306 e. The minimum atomic E-state index is -0.685. The van der Waals surface area contributed by atoms with Gasteiger partial charge in [0.1, 0.15) is 6.61 Å². The van der Waals surface area contributed by atoms with Crippen molar-refractivity contribution in [3.05, 3.63) is 81.5 Å². The largest absolute Gasteiger partial charge is 0.493 e. The molecule has 0 bridgehead atoms. The summed E-state index contributed by atoms with van der Waals surface area (Å²) in [4.78, 5) is 16.3. The van der Waals surface area contributed by atoms with Gasteiger partial charge in [0, 0.05) is 9.75 Å². The molecule has 1 atom stereocenters. The number of carboxylic acids is 1. The van der Waals surface area contributed by atoms with Gasteiger partial charge in [0.25, 0.3) is 0 Å². The summed E-state index contributed by atoms with van der Waals surface area (Å²) in [5.74, 6) is 0.484. The third kappa shape index (κ3) is 5.14. The van der Waals surface area contributed by atoms with Gasteiger partial charge in [-0.3, -0.25) is 9.69 Å². The Labute approximate surface area is 193 Å². The third-order valence-electron chi connectivity index (χ3n) is 6.02. The van der Waals surface area contributed by atoms with Crippen LogP contribution >= 0.6 is 11.3 Å². The molecule has 4 rings (SSSR count). The summed E-state index contributed by atoms with van der Waals surface area (Å²) in [6.45, 7) is 4.11. The highest BCUT2D eigenvalue weighted by molar-refractivity contribution is 7.12. The molecule has 6 heteroatoms. The lowest BCUT2D eigenvalue weighted by Crippen LogP contribution is -2.39. The van der Waals surface area contributed by atoms with Gasteiger partial charge in [-0.1, -0.05) is 36.4 Å². The van der Waals surface area contributed by atoms with Crippen LogP contribution in [-0.4, -0.2) is 36.2 Å². The number of hydrogen-bond acceptors (Lipinski definition) is 5. The molecule has 0 amide bonds. The summed E-state index contributed by atoms with van der Waals surface area (Å²) < 4.78 is 11.7. The minimum absolute atomic E-state index is 0.0699. The fourth-order valence-corrected chi connectivity index (χ4v) is 5.31. The van der Waals surface area contributed by atoms with Gasteiger partial charge in [0.15, 0.2) is 11.5 Å². The van der Waals surface area contributed by atoms with Crippen LogP contribution in [0.3, 0.4) is 0 Å². The lowest BCUT2D eigenvalue weighted by molar-refractivity contribution is -0.143. The lowest BCUT2D eigenvalue weighted by atomic mass is 9.93. The fourth-order valence-electron chi connectivity index (χ4n) is 4.27. The smallest absolute Gasteiger partial charge is 0.306 e. The van der Waals surface area contributed by atoms with Crippen LogP contribution in [0.2, 0.25) is 0 Å².